The summed E-state index contributed by atoms with van der Waals surface area (Å²) < 4.78 is 0. The summed E-state index contributed by atoms with van der Waals surface area (Å²) in [6.07, 6.45) is 1.81. The summed E-state index contributed by atoms with van der Waals surface area (Å²) in [6.45, 7) is 3.02. The van der Waals surface area contributed by atoms with Crippen LogP contribution in [0.3, 0.4) is 0 Å². The summed E-state index contributed by atoms with van der Waals surface area (Å²) in [6, 6.07) is 16.6. The number of carbonyl (C=O) groups excluding carboxylic acids is 2. The van der Waals surface area contributed by atoms with Gasteiger partial charge in [0.2, 0.25) is 0 Å². The van der Waals surface area contributed by atoms with E-state index in [4.69, 9.17) is 0 Å². The molecule has 0 radical (unpaired) electrons. The van der Waals surface area contributed by atoms with Crippen molar-refractivity contribution in [1.82, 2.24) is 10.6 Å². The third-order valence-electron chi connectivity index (χ3n) is 4.41. The van der Waals surface area contributed by atoms with E-state index < -0.39 is 0 Å². The lowest BCUT2D eigenvalue weighted by Crippen LogP contribution is -2.46. The Labute approximate surface area is 142 Å². The Morgan fingerprint density at radius 3 is 2.38 bits per heavy atom. The number of benzene rings is 2. The Kier molecular flexibility index (Phi) is 5.06. The molecule has 0 aliphatic carbocycles. The van der Waals surface area contributed by atoms with Crippen molar-refractivity contribution in [2.75, 3.05) is 6.54 Å². The van der Waals surface area contributed by atoms with Gasteiger partial charge in [-0.15, -0.1) is 0 Å². The van der Waals surface area contributed by atoms with Crippen LogP contribution in [0.4, 0.5) is 0 Å². The molecule has 2 N–H and O–H groups in total. The summed E-state index contributed by atoms with van der Waals surface area (Å²) >= 11 is 0. The van der Waals surface area contributed by atoms with Crippen LogP contribution in [0.25, 0.3) is 0 Å². The molecule has 1 heterocycles. The lowest BCUT2D eigenvalue weighted by molar-refractivity contribution is 0.0916. The van der Waals surface area contributed by atoms with Crippen molar-refractivity contribution in [1.29, 1.82) is 0 Å². The number of piperidine rings is 1. The molecule has 2 aromatic rings. The molecule has 3 rings (SSSR count). The van der Waals surface area contributed by atoms with Crippen molar-refractivity contribution in [2.45, 2.75) is 31.8 Å². The molecule has 1 fully saturated rings. The molecule has 2 aromatic carbocycles. The topological polar surface area (TPSA) is 58.2 Å². The second kappa shape index (κ2) is 7.41. The molecule has 2 atom stereocenters. The largest absolute Gasteiger partial charge is 0.349 e. The highest BCUT2D eigenvalue weighted by molar-refractivity contribution is 6.15. The Balaban J connectivity index is 1.81. The van der Waals surface area contributed by atoms with E-state index in [2.05, 4.69) is 17.6 Å². The van der Waals surface area contributed by atoms with Crippen molar-refractivity contribution in [2.24, 2.45) is 0 Å². The number of hydrogen-bond acceptors (Lipinski definition) is 3. The van der Waals surface area contributed by atoms with Crippen LogP contribution in [0, 0.1) is 0 Å². The third kappa shape index (κ3) is 3.71. The van der Waals surface area contributed by atoms with E-state index in [0.717, 1.165) is 19.4 Å². The van der Waals surface area contributed by atoms with Crippen LogP contribution in [-0.2, 0) is 0 Å². The van der Waals surface area contributed by atoms with Gasteiger partial charge in [0.25, 0.3) is 5.91 Å². The summed E-state index contributed by atoms with van der Waals surface area (Å²) in [5, 5.41) is 6.45. The van der Waals surface area contributed by atoms with Gasteiger partial charge in [0.1, 0.15) is 0 Å². The highest BCUT2D eigenvalue weighted by atomic mass is 16.2. The van der Waals surface area contributed by atoms with E-state index in [1.165, 1.54) is 0 Å². The first-order valence-electron chi connectivity index (χ1n) is 8.38. The number of amides is 1. The molecule has 1 saturated heterocycles. The standard InChI is InChI=1S/C20H22N2O2/c1-14-13-16(11-12-21-14)22-20(24)18-10-6-5-9-17(18)19(23)15-7-3-2-4-8-15/h2-10,14,16,21H,11-13H2,1H3,(H,22,24). The van der Waals surface area contributed by atoms with Gasteiger partial charge in [-0.1, -0.05) is 48.5 Å². The number of ketones is 1. The smallest absolute Gasteiger partial charge is 0.252 e. The molecule has 0 saturated carbocycles. The maximum atomic E-state index is 12.7. The van der Waals surface area contributed by atoms with E-state index in [9.17, 15) is 9.59 Å². The van der Waals surface area contributed by atoms with Crippen molar-refractivity contribution in [3.63, 3.8) is 0 Å². The second-order valence-corrected chi connectivity index (χ2v) is 6.29. The van der Waals surface area contributed by atoms with Crippen LogP contribution in [0.1, 0.15) is 46.0 Å². The monoisotopic (exact) mass is 322 g/mol. The summed E-state index contributed by atoms with van der Waals surface area (Å²) in [5.74, 6) is -0.297. The van der Waals surface area contributed by atoms with Crippen molar-refractivity contribution in [3.8, 4) is 0 Å². The van der Waals surface area contributed by atoms with Crippen molar-refractivity contribution >= 4 is 11.7 Å². The van der Waals surface area contributed by atoms with E-state index in [1.54, 1.807) is 36.4 Å². The maximum absolute atomic E-state index is 12.7. The third-order valence-corrected chi connectivity index (χ3v) is 4.41. The first-order chi connectivity index (χ1) is 11.6. The zero-order valence-corrected chi connectivity index (χ0v) is 13.8. The molecule has 4 nitrogen and oxygen atoms in total. The Bertz CT molecular complexity index is 727. The van der Waals surface area contributed by atoms with E-state index in [0.29, 0.717) is 22.7 Å². The molecule has 2 unspecified atom stereocenters. The molecular formula is C20H22N2O2. The number of hydrogen-bond donors (Lipinski definition) is 2. The number of rotatable bonds is 4. The van der Waals surface area contributed by atoms with Gasteiger partial charge in [0.15, 0.2) is 5.78 Å². The predicted molar refractivity (Wildman–Crippen MR) is 94.3 cm³/mol. The van der Waals surface area contributed by atoms with E-state index in [1.807, 2.05) is 18.2 Å². The summed E-state index contributed by atoms with van der Waals surface area (Å²) in [5.41, 5.74) is 1.48. The van der Waals surface area contributed by atoms with Crippen LogP contribution in [0.5, 0.6) is 0 Å². The molecule has 0 bridgehead atoms. The molecule has 124 valence electrons. The fraction of sp³-hybridized carbons (Fsp3) is 0.300. The molecule has 1 aliphatic heterocycles. The van der Waals surface area contributed by atoms with Gasteiger partial charge >= 0.3 is 0 Å². The van der Waals surface area contributed by atoms with Gasteiger partial charge in [0.05, 0.1) is 5.56 Å². The Morgan fingerprint density at radius 1 is 1.00 bits per heavy atom. The fourth-order valence-corrected chi connectivity index (χ4v) is 3.15. The number of nitrogens with one attached hydrogen (secondary N) is 2. The molecular weight excluding hydrogens is 300 g/mol. The molecule has 0 spiro atoms. The van der Waals surface area contributed by atoms with Crippen LogP contribution in [0.15, 0.2) is 54.6 Å². The van der Waals surface area contributed by atoms with Crippen LogP contribution in [0.2, 0.25) is 0 Å². The van der Waals surface area contributed by atoms with Crippen molar-refractivity contribution < 1.29 is 9.59 Å². The fourth-order valence-electron chi connectivity index (χ4n) is 3.15. The molecule has 1 aliphatic rings. The zero-order valence-electron chi connectivity index (χ0n) is 13.8. The second-order valence-electron chi connectivity index (χ2n) is 6.29. The average molecular weight is 322 g/mol. The predicted octanol–water partition coefficient (Wildman–Crippen LogP) is 2.79. The van der Waals surface area contributed by atoms with E-state index >= 15 is 0 Å². The summed E-state index contributed by atoms with van der Waals surface area (Å²) in [7, 11) is 0. The molecule has 24 heavy (non-hydrogen) atoms. The van der Waals surface area contributed by atoms with Crippen LogP contribution in [-0.4, -0.2) is 30.3 Å². The summed E-state index contributed by atoms with van der Waals surface area (Å²) in [4.78, 5) is 25.4. The average Bonchev–Trinajstić information content (AvgIpc) is 2.62. The quantitative estimate of drug-likeness (QED) is 0.851. The van der Waals surface area contributed by atoms with Gasteiger partial charge in [-0.3, -0.25) is 9.59 Å². The Hall–Kier alpha value is -2.46. The van der Waals surface area contributed by atoms with Crippen LogP contribution >= 0.6 is 0 Å². The van der Waals surface area contributed by atoms with Gasteiger partial charge < -0.3 is 10.6 Å². The van der Waals surface area contributed by atoms with Crippen LogP contribution < -0.4 is 10.6 Å². The maximum Gasteiger partial charge on any atom is 0.252 e. The van der Waals surface area contributed by atoms with Gasteiger partial charge in [-0.05, 0) is 32.4 Å². The van der Waals surface area contributed by atoms with Gasteiger partial charge in [0, 0.05) is 23.2 Å². The molecule has 4 heteroatoms. The highest BCUT2D eigenvalue weighted by Gasteiger charge is 2.23. The minimum absolute atomic E-state index is 0.125. The lowest BCUT2D eigenvalue weighted by atomic mass is 9.96. The number of carbonyl (C=O) groups is 2. The first kappa shape index (κ1) is 16.4. The lowest BCUT2D eigenvalue weighted by Gasteiger charge is -2.28. The minimum Gasteiger partial charge on any atom is -0.349 e. The van der Waals surface area contributed by atoms with Gasteiger partial charge in [-0.25, -0.2) is 0 Å². The molecule has 0 aromatic heterocycles. The minimum atomic E-state index is -0.172. The van der Waals surface area contributed by atoms with Crippen molar-refractivity contribution in [3.05, 3.63) is 71.3 Å². The first-order valence-corrected chi connectivity index (χ1v) is 8.38. The Morgan fingerprint density at radius 2 is 1.67 bits per heavy atom. The highest BCUT2D eigenvalue weighted by Crippen LogP contribution is 2.16. The normalized spacial score (nSPS) is 20.4. The zero-order chi connectivity index (χ0) is 16.9. The SMILES string of the molecule is CC1CC(NC(=O)c2ccccc2C(=O)c2ccccc2)CCN1. The van der Waals surface area contributed by atoms with E-state index in [-0.39, 0.29) is 17.7 Å². The molecule has 1 amide bonds. The van der Waals surface area contributed by atoms with Gasteiger partial charge in [-0.2, -0.15) is 0 Å².